The molecule has 0 saturated carbocycles. The third kappa shape index (κ3) is 5.17. The van der Waals surface area contributed by atoms with Crippen molar-refractivity contribution in [3.05, 3.63) is 41.2 Å². The molecule has 0 amide bonds. The molecule has 0 saturated heterocycles. The number of H-pyrrole nitrogens is 1. The monoisotopic (exact) mass is 407 g/mol. The van der Waals surface area contributed by atoms with Crippen molar-refractivity contribution in [3.8, 4) is 11.5 Å². The largest absolute Gasteiger partial charge is 2.00 e. The van der Waals surface area contributed by atoms with Gasteiger partial charge < -0.3 is 28.3 Å². The Balaban J connectivity index is -0.00000135. The summed E-state index contributed by atoms with van der Waals surface area (Å²) in [5.74, 6) is 1.79. The van der Waals surface area contributed by atoms with E-state index >= 15 is 0 Å². The van der Waals surface area contributed by atoms with Crippen molar-refractivity contribution in [2.75, 3.05) is 14.2 Å². The van der Waals surface area contributed by atoms with Crippen molar-refractivity contribution in [3.63, 3.8) is 0 Å². The van der Waals surface area contributed by atoms with Crippen LogP contribution in [0.15, 0.2) is 29.6 Å². The molecular weight excluding hydrogens is 383 g/mol. The molecule has 3 rings (SSSR count). The van der Waals surface area contributed by atoms with Crippen LogP contribution >= 0.6 is 0 Å². The van der Waals surface area contributed by atoms with Crippen LogP contribution in [-0.4, -0.2) is 67.4 Å². The first-order valence-corrected chi connectivity index (χ1v) is 8.76. The molecule has 2 heterocycles. The number of hydrogen-bond donors (Lipinski definition) is 1. The zero-order valence-electron chi connectivity index (χ0n) is 17.8. The first-order chi connectivity index (χ1) is 11.5. The maximum Gasteiger partial charge on any atom is 2.00 e. The standard InChI is InChI=1S/C17H19N3O3S.Mg.2H2O.2H/c1-10-8-18-15(11(2)16(10)23-4)9-24(21)17-19-13-6-5-12(22-3)7-14(13)20-17;;;;;/h5-8H,9H2,1-4H3,(H,19,20);;2*1H2;;/q;+2;;;2*-1/t24-;;;;;/m1...../s1. The van der Waals surface area contributed by atoms with Gasteiger partial charge in [-0.1, -0.05) is 0 Å². The molecule has 1 atom stereocenters. The fourth-order valence-electron chi connectivity index (χ4n) is 2.61. The van der Waals surface area contributed by atoms with Crippen LogP contribution in [-0.2, 0) is 16.6 Å². The Bertz CT molecular complexity index is 943. The van der Waals surface area contributed by atoms with Crippen LogP contribution in [0, 0.1) is 13.8 Å². The van der Waals surface area contributed by atoms with Crippen LogP contribution in [0.3, 0.4) is 0 Å². The Labute approximate surface area is 178 Å². The number of fused-ring (bicyclic) bond motifs is 1. The van der Waals surface area contributed by atoms with Gasteiger partial charge in [0.15, 0.2) is 5.16 Å². The average molecular weight is 408 g/mol. The van der Waals surface area contributed by atoms with E-state index in [1.807, 2.05) is 32.0 Å². The van der Waals surface area contributed by atoms with Gasteiger partial charge in [-0.15, -0.1) is 0 Å². The number of imidazole rings is 1. The number of nitrogens with one attached hydrogen (secondary N) is 1. The molecule has 10 heteroatoms. The van der Waals surface area contributed by atoms with E-state index in [4.69, 9.17) is 9.47 Å². The summed E-state index contributed by atoms with van der Waals surface area (Å²) in [4.78, 5) is 11.9. The number of nitrogens with zero attached hydrogens (tertiary/aromatic N) is 2. The van der Waals surface area contributed by atoms with Gasteiger partial charge in [-0.2, -0.15) is 0 Å². The van der Waals surface area contributed by atoms with Crippen molar-refractivity contribution in [2.24, 2.45) is 0 Å². The second-order valence-electron chi connectivity index (χ2n) is 5.46. The van der Waals surface area contributed by atoms with Gasteiger partial charge in [-0.25, -0.2) is 4.98 Å². The average Bonchev–Trinajstić information content (AvgIpc) is 3.01. The van der Waals surface area contributed by atoms with Crippen molar-refractivity contribution in [1.82, 2.24) is 15.0 Å². The third-order valence-corrected chi connectivity index (χ3v) is 5.06. The van der Waals surface area contributed by atoms with Crippen LogP contribution < -0.4 is 9.47 Å². The SMILES string of the molecule is COc1ccc2nc([S@](=O)Cc3ncc(C)c(OC)c3C)[nH]c2c1.O.O.[H-].[H-].[Mg+2]. The molecule has 3 aromatic rings. The molecule has 0 fully saturated rings. The van der Waals surface area contributed by atoms with Crippen molar-refractivity contribution in [1.29, 1.82) is 0 Å². The summed E-state index contributed by atoms with van der Waals surface area (Å²) >= 11 is 0. The second kappa shape index (κ2) is 10.6. The molecule has 0 spiro atoms. The Morgan fingerprint density at radius 2 is 1.89 bits per heavy atom. The molecule has 0 bridgehead atoms. The molecule has 1 aromatic carbocycles. The number of methoxy groups -OCH3 is 2. The van der Waals surface area contributed by atoms with E-state index in [-0.39, 0.29) is 42.6 Å². The molecule has 2 aromatic heterocycles. The fourth-order valence-corrected chi connectivity index (χ4v) is 3.71. The summed E-state index contributed by atoms with van der Waals surface area (Å²) in [6.07, 6.45) is 1.74. The van der Waals surface area contributed by atoms with Gasteiger partial charge in [0.1, 0.15) is 11.5 Å². The number of aromatic amines is 1. The zero-order chi connectivity index (χ0) is 17.3. The van der Waals surface area contributed by atoms with E-state index in [0.29, 0.717) is 5.16 Å². The zero-order valence-corrected chi connectivity index (χ0v) is 18.0. The fraction of sp³-hybridized carbons (Fsp3) is 0.294. The first kappa shape index (κ1) is 25.3. The van der Waals surface area contributed by atoms with Crippen LogP contribution in [0.5, 0.6) is 11.5 Å². The van der Waals surface area contributed by atoms with Gasteiger partial charge in [0.05, 0.1) is 47.5 Å². The molecule has 8 nitrogen and oxygen atoms in total. The van der Waals surface area contributed by atoms with E-state index in [2.05, 4.69) is 15.0 Å². The van der Waals surface area contributed by atoms with Crippen LogP contribution in [0.4, 0.5) is 0 Å². The number of hydrogen-bond acceptors (Lipinski definition) is 5. The van der Waals surface area contributed by atoms with Crippen molar-refractivity contribution >= 4 is 44.9 Å². The van der Waals surface area contributed by atoms with Gasteiger partial charge in [-0.05, 0) is 26.0 Å². The van der Waals surface area contributed by atoms with Crippen LogP contribution in [0.25, 0.3) is 11.0 Å². The predicted molar refractivity (Wildman–Crippen MR) is 108 cm³/mol. The predicted octanol–water partition coefficient (Wildman–Crippen LogP) is 1.09. The minimum atomic E-state index is -1.33. The minimum Gasteiger partial charge on any atom is -1.00 e. The molecule has 0 radical (unpaired) electrons. The summed E-state index contributed by atoms with van der Waals surface area (Å²) in [6.45, 7) is 3.86. The number of aromatic nitrogens is 3. The molecule has 0 aliphatic heterocycles. The molecule has 0 unspecified atom stereocenters. The van der Waals surface area contributed by atoms with Gasteiger partial charge in [-0.3, -0.25) is 9.19 Å². The van der Waals surface area contributed by atoms with E-state index in [1.165, 1.54) is 0 Å². The topological polar surface area (TPSA) is 140 Å². The number of benzene rings is 1. The third-order valence-electron chi connectivity index (χ3n) is 3.90. The van der Waals surface area contributed by atoms with Gasteiger partial charge in [0.25, 0.3) is 0 Å². The van der Waals surface area contributed by atoms with Crippen molar-refractivity contribution < 1.29 is 27.5 Å². The summed E-state index contributed by atoms with van der Waals surface area (Å²) < 4.78 is 23.3. The Morgan fingerprint density at radius 3 is 2.52 bits per heavy atom. The quantitative estimate of drug-likeness (QED) is 0.630. The van der Waals surface area contributed by atoms with Gasteiger partial charge >= 0.3 is 23.1 Å². The molecule has 5 N–H and O–H groups in total. The number of rotatable bonds is 5. The minimum absolute atomic E-state index is 0. The number of ether oxygens (including phenoxy) is 2. The van der Waals surface area contributed by atoms with E-state index in [1.54, 1.807) is 20.4 Å². The van der Waals surface area contributed by atoms with E-state index < -0.39 is 10.8 Å². The number of aryl methyl sites for hydroxylation is 1. The Kier molecular flexibility index (Phi) is 9.89. The van der Waals surface area contributed by atoms with Crippen LogP contribution in [0.1, 0.15) is 19.7 Å². The molecule has 0 aliphatic rings. The Morgan fingerprint density at radius 1 is 1.19 bits per heavy atom. The summed E-state index contributed by atoms with van der Waals surface area (Å²) in [5, 5.41) is 0.430. The summed E-state index contributed by atoms with van der Waals surface area (Å²) in [5.41, 5.74) is 4.16. The molecule has 0 aliphatic carbocycles. The van der Waals surface area contributed by atoms with Crippen molar-refractivity contribution in [2.45, 2.75) is 24.8 Å². The molecular formula is C17H25MgN3O5S. The normalized spacial score (nSPS) is 11.0. The van der Waals surface area contributed by atoms with Gasteiger partial charge in [0, 0.05) is 23.4 Å². The first-order valence-electron chi connectivity index (χ1n) is 7.44. The Hall–Kier alpha value is -1.72. The summed E-state index contributed by atoms with van der Waals surface area (Å²) in [7, 11) is 1.91. The maximum absolute atomic E-state index is 12.7. The smallest absolute Gasteiger partial charge is 1.00 e. The second-order valence-corrected chi connectivity index (χ2v) is 6.83. The van der Waals surface area contributed by atoms with Gasteiger partial charge in [0.2, 0.25) is 0 Å². The van der Waals surface area contributed by atoms with E-state index in [9.17, 15) is 4.21 Å². The van der Waals surface area contributed by atoms with E-state index in [0.717, 1.165) is 39.4 Å². The molecule has 146 valence electrons. The summed E-state index contributed by atoms with van der Waals surface area (Å²) in [6, 6.07) is 5.50. The number of pyridine rings is 1. The van der Waals surface area contributed by atoms with Crippen LogP contribution in [0.2, 0.25) is 0 Å². The maximum atomic E-state index is 12.7. The molecule has 27 heavy (non-hydrogen) atoms.